The highest BCUT2D eigenvalue weighted by molar-refractivity contribution is 6.32. The number of rotatable bonds is 3. The minimum absolute atomic E-state index is 0.609. The molecule has 0 amide bonds. The zero-order valence-corrected chi connectivity index (χ0v) is 10.1. The van der Waals surface area contributed by atoms with Crippen molar-refractivity contribution in [1.29, 1.82) is 0 Å². The number of allylic oxidation sites excluding steroid dienone is 4. The lowest BCUT2D eigenvalue weighted by Gasteiger charge is -2.27. The van der Waals surface area contributed by atoms with E-state index in [4.69, 9.17) is 16.3 Å². The van der Waals surface area contributed by atoms with E-state index in [1.165, 1.54) is 0 Å². The first-order valence-electron chi connectivity index (χ1n) is 4.88. The third-order valence-electron chi connectivity index (χ3n) is 2.21. The average molecular weight is 226 g/mol. The lowest BCUT2D eigenvalue weighted by Crippen LogP contribution is -2.18. The Morgan fingerprint density at radius 2 is 2.33 bits per heavy atom. The Labute approximate surface area is 96.2 Å². The van der Waals surface area contributed by atoms with Gasteiger partial charge in [-0.1, -0.05) is 31.2 Å². The summed E-state index contributed by atoms with van der Waals surface area (Å²) in [4.78, 5) is 1.94. The van der Waals surface area contributed by atoms with Crippen LogP contribution in [0.3, 0.4) is 0 Å². The van der Waals surface area contributed by atoms with Crippen molar-refractivity contribution >= 4 is 11.6 Å². The summed E-state index contributed by atoms with van der Waals surface area (Å²) in [7, 11) is 1.62. The Bertz CT molecular complexity index is 353. The van der Waals surface area contributed by atoms with Crippen LogP contribution in [0.25, 0.3) is 0 Å². The van der Waals surface area contributed by atoms with Gasteiger partial charge in [-0.15, -0.1) is 0 Å². The van der Waals surface area contributed by atoms with Crippen LogP contribution in [-0.2, 0) is 4.74 Å². The van der Waals surface area contributed by atoms with Crippen LogP contribution in [0, 0.1) is 0 Å². The van der Waals surface area contributed by atoms with Crippen molar-refractivity contribution < 1.29 is 4.74 Å². The van der Waals surface area contributed by atoms with E-state index >= 15 is 0 Å². The molecule has 0 fully saturated rings. The normalized spacial score (nSPS) is 17.5. The molecular weight excluding hydrogens is 210 g/mol. The van der Waals surface area contributed by atoms with Crippen LogP contribution in [-0.4, -0.2) is 12.0 Å². The van der Waals surface area contributed by atoms with Crippen molar-refractivity contribution in [2.24, 2.45) is 0 Å². The highest BCUT2D eigenvalue weighted by Crippen LogP contribution is 2.28. The molecule has 0 aromatic rings. The highest BCUT2D eigenvalue weighted by Gasteiger charge is 2.16. The second-order valence-corrected chi connectivity index (χ2v) is 3.71. The molecule has 0 spiro atoms. The SMILES string of the molecule is C=C1C(Cl)=CC(OC)=CN1/C(C)=C\CC. The largest absolute Gasteiger partial charge is 0.495 e. The van der Waals surface area contributed by atoms with Gasteiger partial charge in [0.2, 0.25) is 0 Å². The van der Waals surface area contributed by atoms with E-state index in [9.17, 15) is 0 Å². The molecule has 0 aromatic heterocycles. The fourth-order valence-corrected chi connectivity index (χ4v) is 1.58. The van der Waals surface area contributed by atoms with E-state index in [-0.39, 0.29) is 0 Å². The van der Waals surface area contributed by atoms with Crippen LogP contribution in [0.1, 0.15) is 20.3 Å². The Hall–Kier alpha value is -1.15. The monoisotopic (exact) mass is 225 g/mol. The van der Waals surface area contributed by atoms with Crippen LogP contribution in [0.2, 0.25) is 0 Å². The van der Waals surface area contributed by atoms with Gasteiger partial charge in [0, 0.05) is 11.8 Å². The van der Waals surface area contributed by atoms with E-state index in [0.717, 1.165) is 23.6 Å². The smallest absolute Gasteiger partial charge is 0.136 e. The minimum Gasteiger partial charge on any atom is -0.495 e. The molecule has 3 heteroatoms. The first-order valence-corrected chi connectivity index (χ1v) is 5.26. The van der Waals surface area contributed by atoms with Crippen molar-refractivity contribution in [2.75, 3.05) is 7.11 Å². The van der Waals surface area contributed by atoms with E-state index in [1.54, 1.807) is 13.2 Å². The van der Waals surface area contributed by atoms with Crippen LogP contribution < -0.4 is 0 Å². The molecule has 1 aliphatic heterocycles. The Morgan fingerprint density at radius 3 is 2.87 bits per heavy atom. The van der Waals surface area contributed by atoms with Gasteiger partial charge < -0.3 is 9.64 Å². The number of ether oxygens (including phenoxy) is 1. The summed E-state index contributed by atoms with van der Waals surface area (Å²) >= 11 is 6.05. The van der Waals surface area contributed by atoms with Gasteiger partial charge in [0.25, 0.3) is 0 Å². The van der Waals surface area contributed by atoms with Gasteiger partial charge in [-0.25, -0.2) is 0 Å². The molecule has 0 saturated heterocycles. The molecule has 0 radical (unpaired) electrons. The average Bonchev–Trinajstić information content (AvgIpc) is 2.22. The van der Waals surface area contributed by atoms with Crippen LogP contribution in [0.4, 0.5) is 0 Å². The first kappa shape index (κ1) is 11.9. The van der Waals surface area contributed by atoms with Gasteiger partial charge in [-0.3, -0.25) is 0 Å². The lowest BCUT2D eigenvalue weighted by atomic mass is 10.2. The van der Waals surface area contributed by atoms with Crippen molar-refractivity contribution in [3.8, 4) is 0 Å². The summed E-state index contributed by atoms with van der Waals surface area (Å²) in [5.41, 5.74) is 1.88. The Kier molecular flexibility index (Phi) is 4.04. The molecule has 0 aromatic carbocycles. The maximum absolute atomic E-state index is 6.05. The molecule has 0 bridgehead atoms. The third-order valence-corrected chi connectivity index (χ3v) is 2.53. The summed E-state index contributed by atoms with van der Waals surface area (Å²) < 4.78 is 5.16. The van der Waals surface area contributed by atoms with E-state index in [2.05, 4.69) is 19.6 Å². The molecule has 1 aliphatic rings. The molecule has 82 valence electrons. The van der Waals surface area contributed by atoms with E-state index in [0.29, 0.717) is 5.03 Å². The topological polar surface area (TPSA) is 12.5 Å². The maximum atomic E-state index is 6.05. The van der Waals surface area contributed by atoms with Crippen LogP contribution in [0.5, 0.6) is 0 Å². The molecule has 15 heavy (non-hydrogen) atoms. The van der Waals surface area contributed by atoms with Gasteiger partial charge in [0.15, 0.2) is 0 Å². The van der Waals surface area contributed by atoms with Crippen molar-refractivity contribution in [3.63, 3.8) is 0 Å². The predicted molar refractivity (Wildman–Crippen MR) is 64.1 cm³/mol. The minimum atomic E-state index is 0.609. The fourth-order valence-electron chi connectivity index (χ4n) is 1.39. The molecule has 0 atom stereocenters. The quantitative estimate of drug-likeness (QED) is 0.726. The zero-order valence-electron chi connectivity index (χ0n) is 9.38. The van der Waals surface area contributed by atoms with Gasteiger partial charge in [0.1, 0.15) is 5.76 Å². The number of hydrogen-bond acceptors (Lipinski definition) is 2. The molecule has 1 rings (SSSR count). The van der Waals surface area contributed by atoms with Gasteiger partial charge in [-0.05, 0) is 13.3 Å². The van der Waals surface area contributed by atoms with E-state index in [1.807, 2.05) is 18.0 Å². The lowest BCUT2D eigenvalue weighted by molar-refractivity contribution is 0.295. The maximum Gasteiger partial charge on any atom is 0.136 e. The summed E-state index contributed by atoms with van der Waals surface area (Å²) in [6.45, 7) is 8.05. The number of hydrogen-bond donors (Lipinski definition) is 0. The van der Waals surface area contributed by atoms with Crippen LogP contribution in [0.15, 0.2) is 47.1 Å². The van der Waals surface area contributed by atoms with Gasteiger partial charge >= 0.3 is 0 Å². The summed E-state index contributed by atoms with van der Waals surface area (Å²) in [5, 5.41) is 0.609. The molecule has 0 saturated carbocycles. The number of methoxy groups -OCH3 is 1. The molecule has 0 N–H and O–H groups in total. The fraction of sp³-hybridized carbons (Fsp3) is 0.333. The zero-order chi connectivity index (χ0) is 11.4. The Balaban J connectivity index is 3.00. The van der Waals surface area contributed by atoms with Crippen molar-refractivity contribution in [3.05, 3.63) is 47.1 Å². The summed E-state index contributed by atoms with van der Waals surface area (Å²) in [6, 6.07) is 0. The van der Waals surface area contributed by atoms with Crippen molar-refractivity contribution in [2.45, 2.75) is 20.3 Å². The highest BCUT2D eigenvalue weighted by atomic mass is 35.5. The number of nitrogens with zero attached hydrogens (tertiary/aromatic N) is 1. The summed E-state index contributed by atoms with van der Waals surface area (Å²) in [6.07, 6.45) is 6.74. The third kappa shape index (κ3) is 2.66. The van der Waals surface area contributed by atoms with E-state index < -0.39 is 0 Å². The van der Waals surface area contributed by atoms with Crippen molar-refractivity contribution in [1.82, 2.24) is 4.90 Å². The number of halogens is 1. The molecule has 0 unspecified atom stereocenters. The standard InChI is InChI=1S/C12H16ClNO/c1-5-6-9(2)14-8-11(15-4)7-12(13)10(14)3/h6-8H,3,5H2,1-2,4H3/b9-6-. The summed E-state index contributed by atoms with van der Waals surface area (Å²) in [5.74, 6) is 0.733. The molecule has 1 heterocycles. The molecule has 2 nitrogen and oxygen atoms in total. The Morgan fingerprint density at radius 1 is 1.67 bits per heavy atom. The first-order chi connectivity index (χ1) is 7.10. The van der Waals surface area contributed by atoms with Gasteiger partial charge in [-0.2, -0.15) is 0 Å². The second kappa shape index (κ2) is 5.08. The second-order valence-electron chi connectivity index (χ2n) is 3.30. The van der Waals surface area contributed by atoms with Crippen LogP contribution >= 0.6 is 11.6 Å². The molecular formula is C12H16ClNO. The van der Waals surface area contributed by atoms with Gasteiger partial charge in [0.05, 0.1) is 24.0 Å². The predicted octanol–water partition coefficient (Wildman–Crippen LogP) is 3.74. The molecule has 0 aliphatic carbocycles.